The van der Waals surface area contributed by atoms with Gasteiger partial charge in [-0.3, -0.25) is 0 Å². The van der Waals surface area contributed by atoms with Gasteiger partial charge in [-0.05, 0) is 121 Å². The highest BCUT2D eigenvalue weighted by atomic mass is 32.1. The number of nitrogens with zero attached hydrogens (tertiary/aromatic N) is 1. The molecule has 1 saturated carbocycles. The van der Waals surface area contributed by atoms with E-state index in [1.807, 2.05) is 0 Å². The van der Waals surface area contributed by atoms with Crippen LogP contribution in [-0.4, -0.2) is 0 Å². The summed E-state index contributed by atoms with van der Waals surface area (Å²) in [4.78, 5) is 3.27. The molecule has 2 heterocycles. The molecule has 0 saturated heterocycles. The van der Waals surface area contributed by atoms with Gasteiger partial charge in [-0.15, -0.1) is 11.3 Å². The number of rotatable bonds is 3. The Labute approximate surface area is 242 Å². The third-order valence-corrected chi connectivity index (χ3v) is 11.7. The van der Waals surface area contributed by atoms with E-state index in [2.05, 4.69) is 66.0 Å². The van der Waals surface area contributed by atoms with E-state index in [-0.39, 0.29) is 5.92 Å². The van der Waals surface area contributed by atoms with E-state index in [9.17, 15) is 5.26 Å². The standard InChI is InChI=1S/C37H37NOS/c38-22-26-7-1-2-8-27(26)23-13-16-28(24-14-17-35-32(20-24)29-9-3-5-11-34(29)39-35)31(19-23)25-15-18-37-33(21-25)30-10-4-6-12-36(30)40-37/h3,9,13-14,16-17,19,21,26-27,32H,1-2,4-8,10-12,15,18,20H2. The smallest absolute Gasteiger partial charge is 0.112 e. The summed E-state index contributed by atoms with van der Waals surface area (Å²) >= 11 is 2.09. The van der Waals surface area contributed by atoms with Gasteiger partial charge < -0.3 is 4.74 Å². The summed E-state index contributed by atoms with van der Waals surface area (Å²) in [5.74, 6) is 3.16. The van der Waals surface area contributed by atoms with Crippen molar-refractivity contribution >= 4 is 28.6 Å². The van der Waals surface area contributed by atoms with Crippen molar-refractivity contribution in [1.82, 2.24) is 0 Å². The molecule has 6 aliphatic rings. The van der Waals surface area contributed by atoms with Crippen LogP contribution in [0.15, 0.2) is 59.6 Å². The number of hydrogen-bond donors (Lipinski definition) is 0. The van der Waals surface area contributed by atoms with Gasteiger partial charge in [0.05, 0.1) is 12.0 Å². The van der Waals surface area contributed by atoms with Crippen molar-refractivity contribution in [2.75, 3.05) is 0 Å². The summed E-state index contributed by atoms with van der Waals surface area (Å²) in [7, 11) is 0. The monoisotopic (exact) mass is 543 g/mol. The minimum Gasteiger partial charge on any atom is -0.465 e. The van der Waals surface area contributed by atoms with E-state index >= 15 is 0 Å². The lowest BCUT2D eigenvalue weighted by Gasteiger charge is -2.29. The number of aryl methyl sites for hydroxylation is 2. The third-order valence-electron chi connectivity index (χ3n) is 10.3. The summed E-state index contributed by atoms with van der Waals surface area (Å²) in [6, 6.07) is 9.93. The van der Waals surface area contributed by atoms with Gasteiger partial charge in [0.15, 0.2) is 0 Å². The molecule has 5 aliphatic carbocycles. The van der Waals surface area contributed by atoms with Gasteiger partial charge in [0, 0.05) is 27.7 Å². The number of allylic oxidation sites excluding steroid dienone is 8. The molecule has 0 bridgehead atoms. The number of thiophene rings is 1. The third kappa shape index (κ3) is 4.10. The molecule has 2 aromatic rings. The normalized spacial score (nSPS) is 26.9. The number of nitriles is 1. The van der Waals surface area contributed by atoms with Crippen molar-refractivity contribution in [2.45, 2.75) is 89.4 Å². The minimum atomic E-state index is 0.141. The number of benzene rings is 1. The van der Waals surface area contributed by atoms with Crippen LogP contribution in [0, 0.1) is 23.2 Å². The molecule has 0 spiro atoms. The fourth-order valence-electron chi connectivity index (χ4n) is 8.21. The van der Waals surface area contributed by atoms with E-state index in [1.54, 1.807) is 20.9 Å². The summed E-state index contributed by atoms with van der Waals surface area (Å²) in [5.41, 5.74) is 11.7. The maximum atomic E-state index is 9.98. The maximum Gasteiger partial charge on any atom is 0.112 e. The quantitative estimate of drug-likeness (QED) is 0.386. The van der Waals surface area contributed by atoms with Gasteiger partial charge in [-0.25, -0.2) is 0 Å². The van der Waals surface area contributed by atoms with Crippen molar-refractivity contribution in [3.63, 3.8) is 0 Å². The van der Waals surface area contributed by atoms with Crippen LogP contribution in [0.3, 0.4) is 0 Å². The van der Waals surface area contributed by atoms with E-state index in [1.165, 1.54) is 77.7 Å². The average Bonchev–Trinajstić information content (AvgIpc) is 3.58. The summed E-state index contributed by atoms with van der Waals surface area (Å²) < 4.78 is 6.31. The Bertz CT molecular complexity index is 1580. The Kier molecular flexibility index (Phi) is 6.22. The van der Waals surface area contributed by atoms with Gasteiger partial charge in [0.2, 0.25) is 0 Å². The van der Waals surface area contributed by atoms with E-state index in [0.717, 1.165) is 50.7 Å². The lowest BCUT2D eigenvalue weighted by Crippen LogP contribution is -2.17. The highest BCUT2D eigenvalue weighted by Crippen LogP contribution is 2.49. The second-order valence-electron chi connectivity index (χ2n) is 12.6. The molecule has 0 N–H and O–H groups in total. The lowest BCUT2D eigenvalue weighted by atomic mass is 9.74. The lowest BCUT2D eigenvalue weighted by molar-refractivity contribution is 0.292. The first-order chi connectivity index (χ1) is 19.8. The predicted octanol–water partition coefficient (Wildman–Crippen LogP) is 9.83. The molecule has 0 amide bonds. The van der Waals surface area contributed by atoms with Crippen molar-refractivity contribution in [3.8, 4) is 6.07 Å². The van der Waals surface area contributed by atoms with Gasteiger partial charge in [-0.2, -0.15) is 5.26 Å². The zero-order valence-corrected chi connectivity index (χ0v) is 24.1. The van der Waals surface area contributed by atoms with Crippen LogP contribution in [0.25, 0.3) is 17.2 Å². The highest BCUT2D eigenvalue weighted by Gasteiger charge is 2.35. The zero-order valence-electron chi connectivity index (χ0n) is 23.3. The van der Waals surface area contributed by atoms with Crippen LogP contribution in [0.1, 0.15) is 108 Å². The first kappa shape index (κ1) is 24.7. The van der Waals surface area contributed by atoms with Crippen molar-refractivity contribution < 1.29 is 4.74 Å². The highest BCUT2D eigenvalue weighted by molar-refractivity contribution is 7.12. The number of ether oxygens (including phenoxy) is 1. The zero-order chi connectivity index (χ0) is 26.6. The maximum absolute atomic E-state index is 9.98. The molecule has 1 fully saturated rings. The van der Waals surface area contributed by atoms with Crippen LogP contribution in [-0.2, 0) is 24.0 Å². The molecule has 3 unspecified atom stereocenters. The molecule has 0 radical (unpaired) electrons. The molecule has 1 aromatic heterocycles. The number of fused-ring (bicyclic) bond motifs is 5. The van der Waals surface area contributed by atoms with Crippen LogP contribution < -0.4 is 0 Å². The van der Waals surface area contributed by atoms with Crippen LogP contribution >= 0.6 is 11.3 Å². The molecule has 202 valence electrons. The SMILES string of the molecule is N#CC1CCCCC1c1ccc(C2=CC=C3OC4=C(C=CCC4)C3C2)c(C2=Cc3c(sc4c3CCCC4)CC2)c1. The molecular weight excluding hydrogens is 506 g/mol. The van der Waals surface area contributed by atoms with Gasteiger partial charge in [0.25, 0.3) is 0 Å². The van der Waals surface area contributed by atoms with Crippen molar-refractivity contribution in [2.24, 2.45) is 11.8 Å². The molecular formula is C37H37NOS. The van der Waals surface area contributed by atoms with Gasteiger partial charge in [0.1, 0.15) is 11.5 Å². The van der Waals surface area contributed by atoms with Crippen LogP contribution in [0.2, 0.25) is 0 Å². The predicted molar refractivity (Wildman–Crippen MR) is 165 cm³/mol. The molecule has 3 heteroatoms. The Morgan fingerprint density at radius 2 is 1.80 bits per heavy atom. The average molecular weight is 544 g/mol. The minimum absolute atomic E-state index is 0.141. The molecule has 40 heavy (non-hydrogen) atoms. The largest absolute Gasteiger partial charge is 0.465 e. The summed E-state index contributed by atoms with van der Waals surface area (Å²) in [6.07, 6.45) is 26.9. The fourth-order valence-corrected chi connectivity index (χ4v) is 9.59. The summed E-state index contributed by atoms with van der Waals surface area (Å²) in [5, 5.41) is 9.98. The van der Waals surface area contributed by atoms with E-state index < -0.39 is 0 Å². The first-order valence-corrected chi connectivity index (χ1v) is 16.4. The van der Waals surface area contributed by atoms with Crippen molar-refractivity contribution in [1.29, 1.82) is 5.26 Å². The van der Waals surface area contributed by atoms with Crippen molar-refractivity contribution in [3.05, 3.63) is 97.2 Å². The number of hydrogen-bond acceptors (Lipinski definition) is 3. The second kappa shape index (κ2) is 10.1. The van der Waals surface area contributed by atoms with Gasteiger partial charge in [-0.1, -0.05) is 49.3 Å². The van der Waals surface area contributed by atoms with Crippen LogP contribution in [0.4, 0.5) is 0 Å². The van der Waals surface area contributed by atoms with E-state index in [0.29, 0.717) is 11.8 Å². The Balaban J connectivity index is 1.22. The fraction of sp³-hybridized carbons (Fsp3) is 0.432. The molecule has 1 aliphatic heterocycles. The first-order valence-electron chi connectivity index (χ1n) is 15.6. The van der Waals surface area contributed by atoms with Crippen LogP contribution in [0.5, 0.6) is 0 Å². The Morgan fingerprint density at radius 3 is 2.75 bits per heavy atom. The topological polar surface area (TPSA) is 33.0 Å². The molecule has 3 atom stereocenters. The Morgan fingerprint density at radius 1 is 0.875 bits per heavy atom. The Hall–Kier alpha value is -3.09. The van der Waals surface area contributed by atoms with Gasteiger partial charge >= 0.3 is 0 Å². The molecule has 1 aromatic carbocycles. The second-order valence-corrected chi connectivity index (χ2v) is 13.8. The summed E-state index contributed by atoms with van der Waals surface area (Å²) in [6.45, 7) is 0. The molecule has 2 nitrogen and oxygen atoms in total. The van der Waals surface area contributed by atoms with E-state index in [4.69, 9.17) is 4.74 Å². The molecule has 8 rings (SSSR count).